The van der Waals surface area contributed by atoms with E-state index in [2.05, 4.69) is 10.6 Å². The molecule has 0 spiro atoms. The zero-order valence-electron chi connectivity index (χ0n) is 10.2. The van der Waals surface area contributed by atoms with E-state index in [4.69, 9.17) is 0 Å². The Morgan fingerprint density at radius 3 is 2.88 bits per heavy atom. The molecule has 1 aromatic carbocycles. The van der Waals surface area contributed by atoms with Crippen molar-refractivity contribution < 1.29 is 9.90 Å². The number of anilines is 2. The number of carbonyl (C=O) groups excluding carboxylic acids is 1. The van der Waals surface area contributed by atoms with Gasteiger partial charge in [-0.1, -0.05) is 0 Å². The lowest BCUT2D eigenvalue weighted by Gasteiger charge is -2.21. The van der Waals surface area contributed by atoms with Gasteiger partial charge in [-0.25, -0.2) is 0 Å². The third kappa shape index (κ3) is 3.20. The largest absolute Gasteiger partial charge is 0.389 e. The first-order valence-electron chi connectivity index (χ1n) is 5.83. The van der Waals surface area contributed by atoms with Gasteiger partial charge >= 0.3 is 0 Å². The lowest BCUT2D eigenvalue weighted by molar-refractivity contribution is -0.116. The number of carbonyl (C=O) groups is 1. The van der Waals surface area contributed by atoms with Gasteiger partial charge in [0.2, 0.25) is 5.91 Å². The van der Waals surface area contributed by atoms with E-state index in [-0.39, 0.29) is 5.91 Å². The highest BCUT2D eigenvalue weighted by Crippen LogP contribution is 2.25. The van der Waals surface area contributed by atoms with E-state index < -0.39 is 5.60 Å². The number of rotatable bonds is 3. The molecule has 0 saturated heterocycles. The molecular weight excluding hydrogens is 216 g/mol. The maximum atomic E-state index is 11.2. The Labute approximate surface area is 101 Å². The summed E-state index contributed by atoms with van der Waals surface area (Å²) in [6, 6.07) is 5.84. The van der Waals surface area contributed by atoms with Crippen LogP contribution in [-0.4, -0.2) is 23.2 Å². The summed E-state index contributed by atoms with van der Waals surface area (Å²) in [6.07, 6.45) is 1.32. The highest BCUT2D eigenvalue weighted by molar-refractivity contribution is 5.94. The van der Waals surface area contributed by atoms with Gasteiger partial charge in [0, 0.05) is 24.3 Å². The number of aliphatic hydroxyl groups is 1. The summed E-state index contributed by atoms with van der Waals surface area (Å²) in [5, 5.41) is 15.7. The third-order valence-electron chi connectivity index (χ3n) is 2.73. The molecule has 1 amide bonds. The maximum absolute atomic E-state index is 11.2. The minimum absolute atomic E-state index is 0.0784. The van der Waals surface area contributed by atoms with Crippen LogP contribution in [0.5, 0.6) is 0 Å². The van der Waals surface area contributed by atoms with Crippen LogP contribution in [0.3, 0.4) is 0 Å². The van der Waals surface area contributed by atoms with E-state index in [1.165, 1.54) is 0 Å². The molecule has 0 bridgehead atoms. The topological polar surface area (TPSA) is 61.4 Å². The first kappa shape index (κ1) is 11.9. The van der Waals surface area contributed by atoms with Crippen LogP contribution in [0, 0.1) is 0 Å². The number of nitrogens with one attached hydrogen (secondary N) is 2. The van der Waals surface area contributed by atoms with E-state index in [1.807, 2.05) is 18.2 Å². The number of hydrogen-bond donors (Lipinski definition) is 3. The summed E-state index contributed by atoms with van der Waals surface area (Å²) in [6.45, 7) is 4.02. The summed E-state index contributed by atoms with van der Waals surface area (Å²) in [5.41, 5.74) is 2.28. The molecule has 2 rings (SSSR count). The van der Waals surface area contributed by atoms with Gasteiger partial charge in [-0.2, -0.15) is 0 Å². The van der Waals surface area contributed by atoms with Crippen molar-refractivity contribution in [3.63, 3.8) is 0 Å². The molecule has 17 heavy (non-hydrogen) atoms. The lowest BCUT2D eigenvalue weighted by Crippen LogP contribution is -2.29. The normalized spacial score (nSPS) is 15.1. The van der Waals surface area contributed by atoms with Crippen LogP contribution in [-0.2, 0) is 11.2 Å². The van der Waals surface area contributed by atoms with Gasteiger partial charge in [0.05, 0.1) is 5.60 Å². The average Bonchev–Trinajstić information content (AvgIpc) is 2.25. The van der Waals surface area contributed by atoms with Crippen molar-refractivity contribution in [1.82, 2.24) is 0 Å². The van der Waals surface area contributed by atoms with E-state index in [9.17, 15) is 9.90 Å². The number of aryl methyl sites for hydroxylation is 1. The summed E-state index contributed by atoms with van der Waals surface area (Å²) in [5.74, 6) is 0.0784. The molecule has 0 radical (unpaired) electrons. The quantitative estimate of drug-likeness (QED) is 0.746. The van der Waals surface area contributed by atoms with E-state index in [0.717, 1.165) is 23.4 Å². The Morgan fingerprint density at radius 2 is 2.18 bits per heavy atom. The zero-order valence-corrected chi connectivity index (χ0v) is 10.2. The van der Waals surface area contributed by atoms with Crippen LogP contribution in [0.2, 0.25) is 0 Å². The number of fused-ring (bicyclic) bond motifs is 1. The minimum atomic E-state index is -0.732. The van der Waals surface area contributed by atoms with Gasteiger partial charge in [-0.05, 0) is 44.0 Å². The highest BCUT2D eigenvalue weighted by atomic mass is 16.3. The summed E-state index contributed by atoms with van der Waals surface area (Å²) in [7, 11) is 0. The smallest absolute Gasteiger partial charge is 0.224 e. The van der Waals surface area contributed by atoms with E-state index in [0.29, 0.717) is 13.0 Å². The standard InChI is InChI=1S/C13H18N2O2/c1-13(2,17)8-14-10-4-5-11-9(7-10)3-6-12(16)15-11/h4-5,7,14,17H,3,6,8H2,1-2H3,(H,15,16). The molecule has 0 fully saturated rings. The van der Waals surface area contributed by atoms with E-state index >= 15 is 0 Å². The van der Waals surface area contributed by atoms with Gasteiger partial charge in [0.15, 0.2) is 0 Å². The summed E-state index contributed by atoms with van der Waals surface area (Å²) >= 11 is 0. The molecule has 1 aliphatic rings. The van der Waals surface area contributed by atoms with Crippen LogP contribution >= 0.6 is 0 Å². The Morgan fingerprint density at radius 1 is 1.41 bits per heavy atom. The van der Waals surface area contributed by atoms with Crippen molar-refractivity contribution in [3.8, 4) is 0 Å². The Hall–Kier alpha value is -1.55. The molecule has 92 valence electrons. The average molecular weight is 234 g/mol. The second-order valence-electron chi connectivity index (χ2n) is 5.09. The number of benzene rings is 1. The van der Waals surface area contributed by atoms with Gasteiger partial charge in [-0.3, -0.25) is 4.79 Å². The van der Waals surface area contributed by atoms with Crippen molar-refractivity contribution in [3.05, 3.63) is 23.8 Å². The fraction of sp³-hybridized carbons (Fsp3) is 0.462. The first-order chi connectivity index (χ1) is 7.94. The predicted molar refractivity (Wildman–Crippen MR) is 68.2 cm³/mol. The van der Waals surface area contributed by atoms with Crippen molar-refractivity contribution in [2.75, 3.05) is 17.2 Å². The molecule has 1 aliphatic heterocycles. The van der Waals surface area contributed by atoms with Crippen LogP contribution in [0.25, 0.3) is 0 Å². The molecule has 0 unspecified atom stereocenters. The summed E-state index contributed by atoms with van der Waals surface area (Å²) < 4.78 is 0. The fourth-order valence-corrected chi connectivity index (χ4v) is 1.81. The second kappa shape index (κ2) is 4.37. The van der Waals surface area contributed by atoms with Crippen LogP contribution in [0.15, 0.2) is 18.2 Å². The SMILES string of the molecule is CC(C)(O)CNc1ccc2c(c1)CCC(=O)N2. The van der Waals surface area contributed by atoms with Gasteiger partial charge in [0.1, 0.15) is 0 Å². The Bertz CT molecular complexity index is 436. The molecular formula is C13H18N2O2. The molecule has 4 nitrogen and oxygen atoms in total. The van der Waals surface area contributed by atoms with Crippen LogP contribution < -0.4 is 10.6 Å². The predicted octanol–water partition coefficient (Wildman–Crippen LogP) is 1.75. The second-order valence-corrected chi connectivity index (χ2v) is 5.09. The van der Waals surface area contributed by atoms with Crippen LogP contribution in [0.1, 0.15) is 25.8 Å². The lowest BCUT2D eigenvalue weighted by atomic mass is 10.0. The zero-order chi connectivity index (χ0) is 12.5. The van der Waals surface area contributed by atoms with Crippen molar-refractivity contribution in [1.29, 1.82) is 0 Å². The van der Waals surface area contributed by atoms with Crippen molar-refractivity contribution >= 4 is 17.3 Å². The molecule has 1 heterocycles. The molecule has 1 aromatic rings. The third-order valence-corrected chi connectivity index (χ3v) is 2.73. The molecule has 4 heteroatoms. The molecule has 0 saturated carbocycles. The van der Waals surface area contributed by atoms with Gasteiger partial charge < -0.3 is 15.7 Å². The van der Waals surface area contributed by atoms with Crippen molar-refractivity contribution in [2.45, 2.75) is 32.3 Å². The van der Waals surface area contributed by atoms with Gasteiger partial charge in [-0.15, -0.1) is 0 Å². The molecule has 0 atom stereocenters. The monoisotopic (exact) mass is 234 g/mol. The number of amides is 1. The number of hydrogen-bond acceptors (Lipinski definition) is 3. The fourth-order valence-electron chi connectivity index (χ4n) is 1.81. The van der Waals surface area contributed by atoms with Crippen LogP contribution in [0.4, 0.5) is 11.4 Å². The Kier molecular flexibility index (Phi) is 3.07. The molecule has 0 aliphatic carbocycles. The minimum Gasteiger partial charge on any atom is -0.389 e. The maximum Gasteiger partial charge on any atom is 0.224 e. The molecule has 3 N–H and O–H groups in total. The summed E-state index contributed by atoms with van der Waals surface area (Å²) in [4.78, 5) is 11.2. The molecule has 0 aromatic heterocycles. The van der Waals surface area contributed by atoms with Gasteiger partial charge in [0.25, 0.3) is 0 Å². The Balaban J connectivity index is 2.09. The first-order valence-corrected chi connectivity index (χ1v) is 5.83. The van der Waals surface area contributed by atoms with Crippen molar-refractivity contribution in [2.24, 2.45) is 0 Å². The highest BCUT2D eigenvalue weighted by Gasteiger charge is 2.16. The van der Waals surface area contributed by atoms with E-state index in [1.54, 1.807) is 13.8 Å².